The highest BCUT2D eigenvalue weighted by atomic mass is 15.2. The van der Waals surface area contributed by atoms with Crippen molar-refractivity contribution >= 4 is 133 Å². The first kappa shape index (κ1) is 73.7. The van der Waals surface area contributed by atoms with Gasteiger partial charge in [-0.15, -0.1) is 0 Å². The van der Waals surface area contributed by atoms with Crippen molar-refractivity contribution in [3.8, 4) is 67.0 Å². The van der Waals surface area contributed by atoms with E-state index in [2.05, 4.69) is 450 Å². The molecular formula is C114H99BN4. The predicted molar refractivity (Wildman–Crippen MR) is 514 cm³/mol. The summed E-state index contributed by atoms with van der Waals surface area (Å²) in [5.74, 6) is 0. The third kappa shape index (κ3) is 12.0. The minimum atomic E-state index is -0.304. The molecule has 0 saturated heterocycles. The van der Waals surface area contributed by atoms with E-state index in [0.717, 1.165) is 107 Å². The highest BCUT2D eigenvalue weighted by molar-refractivity contribution is 7.00. The van der Waals surface area contributed by atoms with E-state index < -0.39 is 0 Å². The molecule has 119 heavy (non-hydrogen) atoms. The van der Waals surface area contributed by atoms with Gasteiger partial charge in [0.25, 0.3) is 6.71 Å². The van der Waals surface area contributed by atoms with Crippen LogP contribution in [0, 0.1) is 0 Å². The number of para-hydroxylation sites is 2. The van der Waals surface area contributed by atoms with Crippen LogP contribution < -0.4 is 26.2 Å². The summed E-state index contributed by atoms with van der Waals surface area (Å²) in [5.41, 5.74) is 34.5. The SMILES string of the molecule is CC(C)(C)c1cc(-c2ccccc2)c(N2c3cc(-c4cc5ccc6cc(C(C)(C)C)cc7ccc(c4)c5c67)ccc3B3c4ccc(-n5c6ccc(C(C)(C)C)cc6c6cc(C(C)(C)C)ccc65)cc4N(c4c(-c5ccccc5)cc(C(C)(C)C)cc4-c4ccccc4)c4cc(-n5c6ccccc6c6ccccc65)cc2c43)c(-c2ccccc2)c1. The molecule has 0 bridgehead atoms. The lowest BCUT2D eigenvalue weighted by atomic mass is 9.33. The Bertz CT molecular complexity index is 7040. The van der Waals surface area contributed by atoms with Crippen LogP contribution in [-0.2, 0) is 27.1 Å². The van der Waals surface area contributed by atoms with Gasteiger partial charge in [-0.2, -0.15) is 0 Å². The van der Waals surface area contributed by atoms with E-state index in [4.69, 9.17) is 0 Å². The summed E-state index contributed by atoms with van der Waals surface area (Å²) < 4.78 is 5.15. The fourth-order valence-corrected chi connectivity index (χ4v) is 19.7. The van der Waals surface area contributed by atoms with Gasteiger partial charge in [0.15, 0.2) is 0 Å². The molecule has 21 rings (SSSR count). The van der Waals surface area contributed by atoms with Gasteiger partial charge in [0.2, 0.25) is 0 Å². The smallest absolute Gasteiger partial charge is 0.252 e. The molecule has 2 aliphatic rings. The second-order valence-electron chi connectivity index (χ2n) is 39.0. The molecule has 2 aliphatic heterocycles. The van der Waals surface area contributed by atoms with Crippen LogP contribution in [0.5, 0.6) is 0 Å². The van der Waals surface area contributed by atoms with Crippen molar-refractivity contribution in [3.63, 3.8) is 0 Å². The molecule has 0 amide bonds. The van der Waals surface area contributed by atoms with Crippen LogP contribution >= 0.6 is 0 Å². The molecule has 17 aromatic carbocycles. The Hall–Kier alpha value is -13.0. The van der Waals surface area contributed by atoms with Crippen LogP contribution in [0.3, 0.4) is 0 Å². The number of fused-ring (bicyclic) bond motifs is 10. The van der Waals surface area contributed by atoms with E-state index in [-0.39, 0.29) is 33.8 Å². The second kappa shape index (κ2) is 26.8. The average molecular weight is 1540 g/mol. The Labute approximate surface area is 700 Å². The summed E-state index contributed by atoms with van der Waals surface area (Å²) in [5, 5.41) is 12.6. The molecule has 0 N–H and O–H groups in total. The number of hydrogen-bond donors (Lipinski definition) is 0. The maximum absolute atomic E-state index is 2.76. The molecule has 0 unspecified atom stereocenters. The van der Waals surface area contributed by atoms with Crippen LogP contribution in [0.25, 0.3) is 143 Å². The summed E-state index contributed by atoms with van der Waals surface area (Å²) in [4.78, 5) is 5.52. The second-order valence-corrected chi connectivity index (χ2v) is 39.0. The average Bonchev–Trinajstić information content (AvgIpc) is 1.05. The summed E-state index contributed by atoms with van der Waals surface area (Å²) in [6.45, 7) is 34.9. The Morgan fingerprint density at radius 3 is 0.941 bits per heavy atom. The van der Waals surface area contributed by atoms with Crippen molar-refractivity contribution in [2.24, 2.45) is 0 Å². The number of nitrogens with zero attached hydrogens (tertiary/aromatic N) is 4. The molecule has 0 radical (unpaired) electrons. The van der Waals surface area contributed by atoms with Gasteiger partial charge in [0, 0.05) is 72.2 Å². The molecular weight excluding hydrogens is 1440 g/mol. The Kier molecular flexibility index (Phi) is 16.6. The normalized spacial score (nSPS) is 13.3. The maximum Gasteiger partial charge on any atom is 0.252 e. The number of hydrogen-bond acceptors (Lipinski definition) is 2. The van der Waals surface area contributed by atoms with Gasteiger partial charge in [-0.25, -0.2) is 0 Å². The lowest BCUT2D eigenvalue weighted by Gasteiger charge is -2.46. The Morgan fingerprint density at radius 1 is 0.218 bits per heavy atom. The molecule has 0 spiro atoms. The zero-order valence-corrected chi connectivity index (χ0v) is 71.0. The zero-order valence-electron chi connectivity index (χ0n) is 71.0. The maximum atomic E-state index is 2.76. The summed E-state index contributed by atoms with van der Waals surface area (Å²) >= 11 is 0. The van der Waals surface area contributed by atoms with Gasteiger partial charge in [0.05, 0.1) is 39.1 Å². The van der Waals surface area contributed by atoms with Crippen LogP contribution in [-0.4, -0.2) is 15.8 Å². The highest BCUT2D eigenvalue weighted by Gasteiger charge is 2.47. The zero-order chi connectivity index (χ0) is 81.7. The van der Waals surface area contributed by atoms with Crippen molar-refractivity contribution in [2.45, 2.75) is 131 Å². The van der Waals surface area contributed by atoms with Gasteiger partial charge in [0.1, 0.15) is 0 Å². The van der Waals surface area contributed by atoms with E-state index >= 15 is 0 Å². The monoisotopic (exact) mass is 1530 g/mol. The minimum Gasteiger partial charge on any atom is -0.310 e. The number of rotatable bonds is 9. The topological polar surface area (TPSA) is 16.3 Å². The minimum absolute atomic E-state index is 0.00462. The fourth-order valence-electron chi connectivity index (χ4n) is 19.7. The van der Waals surface area contributed by atoms with Crippen molar-refractivity contribution in [1.82, 2.24) is 9.13 Å². The first-order chi connectivity index (χ1) is 57.2. The molecule has 4 nitrogen and oxygen atoms in total. The molecule has 2 aromatic heterocycles. The van der Waals surface area contributed by atoms with Gasteiger partial charge < -0.3 is 18.9 Å². The highest BCUT2D eigenvalue weighted by Crippen LogP contribution is 2.57. The van der Waals surface area contributed by atoms with E-state index in [1.54, 1.807) is 0 Å². The fraction of sp³-hybridized carbons (Fsp3) is 0.175. The van der Waals surface area contributed by atoms with Crippen LogP contribution in [0.15, 0.2) is 328 Å². The number of aromatic nitrogens is 2. The Morgan fingerprint density at radius 2 is 0.546 bits per heavy atom. The molecule has 0 saturated carbocycles. The summed E-state index contributed by atoms with van der Waals surface area (Å²) in [7, 11) is 0. The van der Waals surface area contributed by atoms with Gasteiger partial charge in [-0.3, -0.25) is 0 Å². The van der Waals surface area contributed by atoms with Gasteiger partial charge >= 0.3 is 0 Å². The first-order valence-electron chi connectivity index (χ1n) is 42.6. The van der Waals surface area contributed by atoms with Crippen molar-refractivity contribution < 1.29 is 0 Å². The Balaban J connectivity index is 0.952. The molecule has 5 heteroatoms. The number of benzene rings is 17. The van der Waals surface area contributed by atoms with E-state index in [0.29, 0.717) is 0 Å². The van der Waals surface area contributed by atoms with Crippen molar-refractivity contribution in [1.29, 1.82) is 0 Å². The quantitative estimate of drug-likeness (QED) is 0.106. The molecule has 4 heterocycles. The van der Waals surface area contributed by atoms with Gasteiger partial charge in [-0.05, 0) is 240 Å². The lowest BCUT2D eigenvalue weighted by Crippen LogP contribution is -2.61. The largest absolute Gasteiger partial charge is 0.310 e. The van der Waals surface area contributed by atoms with Gasteiger partial charge in [-0.1, -0.05) is 328 Å². The summed E-state index contributed by atoms with van der Waals surface area (Å²) in [6, 6.07) is 128. The van der Waals surface area contributed by atoms with E-state index in [1.807, 2.05) is 0 Å². The lowest BCUT2D eigenvalue weighted by molar-refractivity contribution is 0.590. The van der Waals surface area contributed by atoms with Crippen LogP contribution in [0.1, 0.15) is 132 Å². The van der Waals surface area contributed by atoms with Crippen LogP contribution in [0.4, 0.5) is 34.1 Å². The van der Waals surface area contributed by atoms with E-state index in [1.165, 1.54) is 115 Å². The van der Waals surface area contributed by atoms with E-state index in [9.17, 15) is 0 Å². The third-order valence-corrected chi connectivity index (χ3v) is 26.1. The van der Waals surface area contributed by atoms with Crippen LogP contribution in [0.2, 0.25) is 0 Å². The molecule has 0 fully saturated rings. The molecule has 578 valence electrons. The molecule has 19 aromatic rings. The van der Waals surface area contributed by atoms with Crippen molar-refractivity contribution in [3.05, 3.63) is 355 Å². The number of anilines is 6. The standard InChI is InChI=1S/C114H99BN4/c1-110(2,3)80-49-54-99-93(61-80)94-62-81(111(4,5)6)50-55-100(94)116(99)85-51-53-96-102(67-85)119(109-91(72-36-24-18-25-37-72)65-84(114(13,14)15)66-92(109)73-38-26-19-27-39-73)104-69-86(117-97-42-30-28-40-87(97)88-41-29-31-43-98(88)117)68-103-107(104)115(96)95-52-48-74(79-56-75-44-46-77-58-82(112(7,8)9)59-78-47-45-76(57-79)105(75)106(77)78)60-101(95)118(103)108-89(70-32-20-16-21-33-70)63-83(113(10,11)12)64-90(108)71-34-22-17-23-35-71/h16-69H,1-15H3. The molecule has 0 atom stereocenters. The summed E-state index contributed by atoms with van der Waals surface area (Å²) in [6.07, 6.45) is 0. The third-order valence-electron chi connectivity index (χ3n) is 26.1. The first-order valence-corrected chi connectivity index (χ1v) is 42.6. The van der Waals surface area contributed by atoms with Crippen molar-refractivity contribution in [2.75, 3.05) is 9.80 Å². The predicted octanol–water partition coefficient (Wildman–Crippen LogP) is 29.7. The molecule has 0 aliphatic carbocycles.